The second kappa shape index (κ2) is 7.51. The van der Waals surface area contributed by atoms with Crippen LogP contribution in [0.4, 0.5) is 0 Å². The van der Waals surface area contributed by atoms with E-state index in [1.165, 1.54) is 0 Å². The molecule has 25 heavy (non-hydrogen) atoms. The number of piperazine rings is 1. The van der Waals surface area contributed by atoms with Crippen molar-refractivity contribution < 1.29 is 9.59 Å². The SMILES string of the molecule is CC(=O)N1CCN(C(=O)CN2CCCC2Cn2nc(C)nc2C)CC1. The number of carbonyl (C=O) groups excluding carboxylic acids is 2. The van der Waals surface area contributed by atoms with Gasteiger partial charge in [0, 0.05) is 39.1 Å². The minimum atomic E-state index is 0.0881. The second-order valence-electron chi connectivity index (χ2n) is 7.04. The lowest BCUT2D eigenvalue weighted by Gasteiger charge is -2.35. The van der Waals surface area contributed by atoms with Crippen LogP contribution in [-0.2, 0) is 16.1 Å². The molecule has 2 saturated heterocycles. The Balaban J connectivity index is 1.54. The second-order valence-corrected chi connectivity index (χ2v) is 7.04. The third kappa shape index (κ3) is 4.18. The Morgan fingerprint density at radius 1 is 1.08 bits per heavy atom. The summed E-state index contributed by atoms with van der Waals surface area (Å²) >= 11 is 0. The molecule has 0 aliphatic carbocycles. The highest BCUT2D eigenvalue weighted by atomic mass is 16.2. The topological polar surface area (TPSA) is 74.6 Å². The zero-order chi connectivity index (χ0) is 18.0. The first-order chi connectivity index (χ1) is 11.9. The first kappa shape index (κ1) is 17.8. The highest BCUT2D eigenvalue weighted by Gasteiger charge is 2.30. The number of hydrogen-bond donors (Lipinski definition) is 0. The summed E-state index contributed by atoms with van der Waals surface area (Å²) in [6.07, 6.45) is 2.20. The van der Waals surface area contributed by atoms with E-state index in [0.29, 0.717) is 38.8 Å². The standard InChI is InChI=1S/C17H28N6O2/c1-13-18-14(2)23(19-13)11-16-5-4-6-22(16)12-17(25)21-9-7-20(8-10-21)15(3)24/h16H,4-12H2,1-3H3. The van der Waals surface area contributed by atoms with Crippen LogP contribution in [0.15, 0.2) is 0 Å². The molecule has 1 unspecified atom stereocenters. The molecular weight excluding hydrogens is 320 g/mol. The molecule has 1 aromatic rings. The molecule has 1 atom stereocenters. The maximum absolute atomic E-state index is 12.6. The van der Waals surface area contributed by atoms with Crippen LogP contribution >= 0.6 is 0 Å². The van der Waals surface area contributed by atoms with E-state index >= 15 is 0 Å². The summed E-state index contributed by atoms with van der Waals surface area (Å²) in [6.45, 7) is 10.2. The van der Waals surface area contributed by atoms with Crippen LogP contribution in [0, 0.1) is 13.8 Å². The summed E-state index contributed by atoms with van der Waals surface area (Å²) in [5.74, 6) is 1.98. The van der Waals surface area contributed by atoms with Crippen LogP contribution in [0.5, 0.6) is 0 Å². The largest absolute Gasteiger partial charge is 0.339 e. The first-order valence-electron chi connectivity index (χ1n) is 9.09. The maximum atomic E-state index is 12.6. The van der Waals surface area contributed by atoms with E-state index in [0.717, 1.165) is 37.6 Å². The summed E-state index contributed by atoms with van der Waals surface area (Å²) in [7, 11) is 0. The van der Waals surface area contributed by atoms with Crippen molar-refractivity contribution in [2.24, 2.45) is 0 Å². The number of carbonyl (C=O) groups is 2. The molecule has 2 amide bonds. The van der Waals surface area contributed by atoms with Crippen molar-refractivity contribution in [3.05, 3.63) is 11.6 Å². The zero-order valence-corrected chi connectivity index (χ0v) is 15.4. The summed E-state index contributed by atoms with van der Waals surface area (Å²) < 4.78 is 1.95. The molecule has 2 aliphatic heterocycles. The number of hydrogen-bond acceptors (Lipinski definition) is 5. The molecule has 1 aromatic heterocycles. The maximum Gasteiger partial charge on any atom is 0.236 e. The van der Waals surface area contributed by atoms with Crippen LogP contribution in [0.3, 0.4) is 0 Å². The van der Waals surface area contributed by atoms with Gasteiger partial charge in [0.2, 0.25) is 11.8 Å². The number of amides is 2. The third-order valence-electron chi connectivity index (χ3n) is 5.26. The van der Waals surface area contributed by atoms with Crippen molar-refractivity contribution in [2.45, 2.75) is 46.2 Å². The first-order valence-corrected chi connectivity index (χ1v) is 9.09. The quantitative estimate of drug-likeness (QED) is 0.769. The molecule has 0 saturated carbocycles. The highest BCUT2D eigenvalue weighted by molar-refractivity contribution is 5.79. The fourth-order valence-electron chi connectivity index (χ4n) is 3.79. The van der Waals surface area contributed by atoms with Gasteiger partial charge in [0.05, 0.1) is 13.1 Å². The van der Waals surface area contributed by atoms with Crippen molar-refractivity contribution in [2.75, 3.05) is 39.3 Å². The molecule has 3 heterocycles. The number of aryl methyl sites for hydroxylation is 2. The van der Waals surface area contributed by atoms with E-state index < -0.39 is 0 Å². The molecule has 8 heteroatoms. The van der Waals surface area contributed by atoms with E-state index in [1.54, 1.807) is 11.8 Å². The average molecular weight is 348 g/mol. The van der Waals surface area contributed by atoms with E-state index in [9.17, 15) is 9.59 Å². The van der Waals surface area contributed by atoms with Crippen LogP contribution in [0.2, 0.25) is 0 Å². The molecule has 0 aromatic carbocycles. The van der Waals surface area contributed by atoms with Crippen molar-refractivity contribution in [1.82, 2.24) is 29.5 Å². The molecule has 8 nitrogen and oxygen atoms in total. The minimum Gasteiger partial charge on any atom is -0.339 e. The van der Waals surface area contributed by atoms with Crippen LogP contribution in [0.25, 0.3) is 0 Å². The van der Waals surface area contributed by atoms with Gasteiger partial charge >= 0.3 is 0 Å². The van der Waals surface area contributed by atoms with Gasteiger partial charge in [-0.25, -0.2) is 9.67 Å². The monoisotopic (exact) mass is 348 g/mol. The summed E-state index contributed by atoms with van der Waals surface area (Å²) in [6, 6.07) is 0.335. The smallest absolute Gasteiger partial charge is 0.236 e. The van der Waals surface area contributed by atoms with Gasteiger partial charge < -0.3 is 9.80 Å². The lowest BCUT2D eigenvalue weighted by atomic mass is 10.2. The molecule has 138 valence electrons. The Morgan fingerprint density at radius 2 is 1.76 bits per heavy atom. The minimum absolute atomic E-state index is 0.0881. The van der Waals surface area contributed by atoms with Gasteiger partial charge in [-0.2, -0.15) is 5.10 Å². The number of likely N-dealkylation sites (tertiary alicyclic amines) is 1. The fraction of sp³-hybridized carbons (Fsp3) is 0.765. The molecule has 0 spiro atoms. The molecule has 2 aliphatic rings. The third-order valence-corrected chi connectivity index (χ3v) is 5.26. The van der Waals surface area contributed by atoms with E-state index in [1.807, 2.05) is 23.4 Å². The zero-order valence-electron chi connectivity index (χ0n) is 15.4. The van der Waals surface area contributed by atoms with Crippen molar-refractivity contribution in [3.63, 3.8) is 0 Å². The van der Waals surface area contributed by atoms with Gasteiger partial charge in [-0.1, -0.05) is 0 Å². The Morgan fingerprint density at radius 3 is 2.36 bits per heavy atom. The molecule has 0 N–H and O–H groups in total. The summed E-state index contributed by atoms with van der Waals surface area (Å²) in [4.78, 5) is 34.4. The van der Waals surface area contributed by atoms with Crippen LogP contribution in [-0.4, -0.2) is 86.6 Å². The Labute approximate surface area is 148 Å². The van der Waals surface area contributed by atoms with E-state index in [4.69, 9.17) is 0 Å². The lowest BCUT2D eigenvalue weighted by molar-refractivity contribution is -0.139. The van der Waals surface area contributed by atoms with Gasteiger partial charge in [-0.3, -0.25) is 14.5 Å². The number of rotatable bonds is 4. The van der Waals surface area contributed by atoms with Gasteiger partial charge in [-0.15, -0.1) is 0 Å². The van der Waals surface area contributed by atoms with Gasteiger partial charge in [-0.05, 0) is 33.2 Å². The van der Waals surface area contributed by atoms with Crippen LogP contribution < -0.4 is 0 Å². The van der Waals surface area contributed by atoms with Crippen molar-refractivity contribution in [3.8, 4) is 0 Å². The fourth-order valence-corrected chi connectivity index (χ4v) is 3.79. The summed E-state index contributed by atoms with van der Waals surface area (Å²) in [5.41, 5.74) is 0. The van der Waals surface area contributed by atoms with E-state index in [2.05, 4.69) is 15.0 Å². The van der Waals surface area contributed by atoms with Gasteiger partial charge in [0.25, 0.3) is 0 Å². The van der Waals surface area contributed by atoms with Gasteiger partial charge in [0.1, 0.15) is 11.6 Å². The average Bonchev–Trinajstić information content (AvgIpc) is 3.14. The predicted molar refractivity (Wildman–Crippen MR) is 92.9 cm³/mol. The van der Waals surface area contributed by atoms with E-state index in [-0.39, 0.29) is 11.8 Å². The normalized spacial score (nSPS) is 21.8. The predicted octanol–water partition coefficient (Wildman–Crippen LogP) is 0.0500. The van der Waals surface area contributed by atoms with Crippen molar-refractivity contribution in [1.29, 1.82) is 0 Å². The Kier molecular flexibility index (Phi) is 5.36. The number of nitrogens with zero attached hydrogens (tertiary/aromatic N) is 6. The van der Waals surface area contributed by atoms with Crippen molar-refractivity contribution >= 4 is 11.8 Å². The summed E-state index contributed by atoms with van der Waals surface area (Å²) in [5, 5.41) is 4.45. The Hall–Kier alpha value is -1.96. The molecule has 0 radical (unpaired) electrons. The van der Waals surface area contributed by atoms with Crippen LogP contribution in [0.1, 0.15) is 31.4 Å². The molecule has 3 rings (SSSR count). The molecular formula is C17H28N6O2. The molecule has 2 fully saturated rings. The Bertz CT molecular complexity index is 635. The number of aromatic nitrogens is 3. The lowest BCUT2D eigenvalue weighted by Crippen LogP contribution is -2.52. The molecule has 0 bridgehead atoms. The highest BCUT2D eigenvalue weighted by Crippen LogP contribution is 2.19. The van der Waals surface area contributed by atoms with Gasteiger partial charge in [0.15, 0.2) is 0 Å².